The van der Waals surface area contributed by atoms with E-state index in [1.807, 2.05) is 50.2 Å². The number of aryl methyl sites for hydroxylation is 1. The monoisotopic (exact) mass is 376 g/mol. The Morgan fingerprint density at radius 2 is 1.93 bits per heavy atom. The zero-order valence-electron chi connectivity index (χ0n) is 15.7. The van der Waals surface area contributed by atoms with Crippen LogP contribution in [0.25, 0.3) is 6.08 Å². The molecule has 0 aliphatic heterocycles. The van der Waals surface area contributed by atoms with Gasteiger partial charge in [-0.1, -0.05) is 30.3 Å². The highest BCUT2D eigenvalue weighted by atomic mass is 19.1. The molecule has 0 aliphatic carbocycles. The number of halogens is 1. The minimum absolute atomic E-state index is 0.238. The van der Waals surface area contributed by atoms with Gasteiger partial charge >= 0.3 is 0 Å². The van der Waals surface area contributed by atoms with Gasteiger partial charge in [0.15, 0.2) is 0 Å². The van der Waals surface area contributed by atoms with Gasteiger partial charge in [-0.15, -0.1) is 0 Å². The minimum atomic E-state index is -0.366. The molecule has 0 saturated carbocycles. The molecule has 28 heavy (non-hydrogen) atoms. The highest BCUT2D eigenvalue weighted by molar-refractivity contribution is 5.92. The van der Waals surface area contributed by atoms with Crippen LogP contribution < -0.4 is 10.1 Å². The third kappa shape index (κ3) is 5.27. The molecule has 1 aromatic heterocycles. The fourth-order valence-corrected chi connectivity index (χ4v) is 2.62. The molecule has 0 bridgehead atoms. The summed E-state index contributed by atoms with van der Waals surface area (Å²) in [6, 6.07) is 17.3. The Kier molecular flexibility index (Phi) is 6.17. The molecule has 1 atom stereocenters. The van der Waals surface area contributed by atoms with Crippen LogP contribution in [0.5, 0.6) is 11.5 Å². The second-order valence-corrected chi connectivity index (χ2v) is 6.39. The van der Waals surface area contributed by atoms with E-state index in [2.05, 4.69) is 10.3 Å². The molecule has 1 amide bonds. The molecule has 0 aliphatic rings. The number of pyridine rings is 1. The van der Waals surface area contributed by atoms with Crippen molar-refractivity contribution in [2.75, 3.05) is 0 Å². The van der Waals surface area contributed by atoms with Crippen LogP contribution >= 0.6 is 0 Å². The highest BCUT2D eigenvalue weighted by Gasteiger charge is 2.09. The van der Waals surface area contributed by atoms with Crippen molar-refractivity contribution < 1.29 is 13.9 Å². The summed E-state index contributed by atoms with van der Waals surface area (Å²) in [6.45, 7) is 3.79. The number of ether oxygens (including phenoxy) is 1. The molecule has 1 heterocycles. The fraction of sp³-hybridized carbons (Fsp3) is 0.130. The summed E-state index contributed by atoms with van der Waals surface area (Å²) in [5.74, 6) is 0.637. The van der Waals surface area contributed by atoms with Crippen LogP contribution in [0.15, 0.2) is 72.9 Å². The Balaban J connectivity index is 1.64. The second kappa shape index (κ2) is 8.95. The van der Waals surface area contributed by atoms with Crippen molar-refractivity contribution in [2.24, 2.45) is 0 Å². The number of nitrogens with zero attached hydrogens (tertiary/aromatic N) is 1. The van der Waals surface area contributed by atoms with Crippen LogP contribution in [-0.2, 0) is 4.79 Å². The summed E-state index contributed by atoms with van der Waals surface area (Å²) >= 11 is 0. The predicted molar refractivity (Wildman–Crippen MR) is 107 cm³/mol. The van der Waals surface area contributed by atoms with E-state index >= 15 is 0 Å². The van der Waals surface area contributed by atoms with Crippen molar-refractivity contribution in [1.82, 2.24) is 10.3 Å². The molecule has 1 N–H and O–H groups in total. The van der Waals surface area contributed by atoms with Gasteiger partial charge in [-0.05, 0) is 55.8 Å². The number of rotatable bonds is 6. The van der Waals surface area contributed by atoms with E-state index in [9.17, 15) is 9.18 Å². The maximum Gasteiger partial charge on any atom is 0.244 e. The first kappa shape index (κ1) is 19.3. The third-order valence-electron chi connectivity index (χ3n) is 4.16. The van der Waals surface area contributed by atoms with Crippen LogP contribution in [-0.4, -0.2) is 10.9 Å². The van der Waals surface area contributed by atoms with Crippen LogP contribution in [0.2, 0.25) is 0 Å². The lowest BCUT2D eigenvalue weighted by Gasteiger charge is -2.14. The average Bonchev–Trinajstić information content (AvgIpc) is 2.69. The van der Waals surface area contributed by atoms with Crippen LogP contribution in [0.4, 0.5) is 4.39 Å². The zero-order chi connectivity index (χ0) is 19.9. The summed E-state index contributed by atoms with van der Waals surface area (Å²) in [5.41, 5.74) is 2.18. The van der Waals surface area contributed by atoms with Gasteiger partial charge in [-0.2, -0.15) is 0 Å². The molecule has 0 saturated heterocycles. The average molecular weight is 376 g/mol. The Hall–Kier alpha value is -3.47. The summed E-state index contributed by atoms with van der Waals surface area (Å²) in [4.78, 5) is 16.4. The molecule has 0 radical (unpaired) electrons. The van der Waals surface area contributed by atoms with Gasteiger partial charge in [-0.3, -0.25) is 9.78 Å². The van der Waals surface area contributed by atoms with Crippen molar-refractivity contribution in [3.8, 4) is 11.5 Å². The molecular formula is C23H21FN2O2. The molecule has 3 rings (SSSR count). The molecule has 0 unspecified atom stereocenters. The number of carbonyl (C=O) groups excluding carboxylic acids is 1. The molecule has 0 fully saturated rings. The lowest BCUT2D eigenvalue weighted by molar-refractivity contribution is -0.117. The maximum absolute atomic E-state index is 13.6. The lowest BCUT2D eigenvalue weighted by atomic mass is 10.1. The number of carbonyl (C=O) groups is 1. The third-order valence-corrected chi connectivity index (χ3v) is 4.16. The van der Waals surface area contributed by atoms with E-state index < -0.39 is 0 Å². The number of hydrogen-bond donors (Lipinski definition) is 1. The van der Waals surface area contributed by atoms with Gasteiger partial charge in [0.1, 0.15) is 17.3 Å². The molecule has 0 spiro atoms. The van der Waals surface area contributed by atoms with Gasteiger partial charge in [0.05, 0.1) is 12.2 Å². The van der Waals surface area contributed by atoms with E-state index in [4.69, 9.17) is 4.74 Å². The van der Waals surface area contributed by atoms with Crippen molar-refractivity contribution in [2.45, 2.75) is 19.9 Å². The number of aromatic nitrogens is 1. The van der Waals surface area contributed by atoms with E-state index in [0.29, 0.717) is 17.1 Å². The number of amides is 1. The molecule has 2 aromatic carbocycles. The summed E-state index contributed by atoms with van der Waals surface area (Å²) in [5, 5.41) is 2.87. The summed E-state index contributed by atoms with van der Waals surface area (Å²) in [6.07, 6.45) is 4.45. The standard InChI is InChI=1S/C23H21FN2O2/c1-16-10-12-21(15-25-16)28-20-8-5-7-19(14-20)17(2)26-23(27)13-11-18-6-3-4-9-22(18)24/h3-15,17H,1-2H3,(H,26,27)/t17-/m0/s1. The quantitative estimate of drug-likeness (QED) is 0.601. The Labute approximate surface area is 163 Å². The maximum atomic E-state index is 13.6. The predicted octanol–water partition coefficient (Wildman–Crippen LogP) is 5.21. The van der Waals surface area contributed by atoms with Gasteiger partial charge in [0.25, 0.3) is 0 Å². The second-order valence-electron chi connectivity index (χ2n) is 6.39. The topological polar surface area (TPSA) is 51.2 Å². The first-order valence-electron chi connectivity index (χ1n) is 8.95. The van der Waals surface area contributed by atoms with Crippen molar-refractivity contribution in [3.63, 3.8) is 0 Å². The first-order chi connectivity index (χ1) is 13.5. The van der Waals surface area contributed by atoms with Gasteiger partial charge < -0.3 is 10.1 Å². The van der Waals surface area contributed by atoms with Gasteiger partial charge in [0, 0.05) is 17.3 Å². The van der Waals surface area contributed by atoms with Crippen LogP contribution in [0.1, 0.15) is 29.8 Å². The van der Waals surface area contributed by atoms with Crippen LogP contribution in [0.3, 0.4) is 0 Å². The molecule has 5 heteroatoms. The van der Waals surface area contributed by atoms with Crippen LogP contribution in [0, 0.1) is 12.7 Å². The minimum Gasteiger partial charge on any atom is -0.456 e. The SMILES string of the molecule is Cc1ccc(Oc2cccc([C@H](C)NC(=O)C=Cc3ccccc3F)c2)cn1. The number of nitrogens with one attached hydrogen (secondary N) is 1. The molecule has 3 aromatic rings. The highest BCUT2D eigenvalue weighted by Crippen LogP contribution is 2.24. The summed E-state index contributed by atoms with van der Waals surface area (Å²) in [7, 11) is 0. The zero-order valence-corrected chi connectivity index (χ0v) is 15.7. The first-order valence-corrected chi connectivity index (χ1v) is 8.95. The largest absolute Gasteiger partial charge is 0.456 e. The van der Waals surface area contributed by atoms with E-state index in [1.54, 1.807) is 24.4 Å². The van der Waals surface area contributed by atoms with E-state index in [-0.39, 0.29) is 17.8 Å². The Morgan fingerprint density at radius 3 is 2.68 bits per heavy atom. The normalized spacial score (nSPS) is 12.0. The van der Waals surface area contributed by atoms with Crippen molar-refractivity contribution in [3.05, 3.63) is 95.6 Å². The number of hydrogen-bond acceptors (Lipinski definition) is 3. The van der Waals surface area contributed by atoms with Gasteiger partial charge in [0.2, 0.25) is 5.91 Å². The smallest absolute Gasteiger partial charge is 0.244 e. The van der Waals surface area contributed by atoms with Crippen molar-refractivity contribution >= 4 is 12.0 Å². The Bertz CT molecular complexity index is 984. The number of benzene rings is 2. The summed E-state index contributed by atoms with van der Waals surface area (Å²) < 4.78 is 19.4. The Morgan fingerprint density at radius 1 is 1.11 bits per heavy atom. The fourth-order valence-electron chi connectivity index (χ4n) is 2.62. The lowest BCUT2D eigenvalue weighted by Crippen LogP contribution is -2.24. The van der Waals surface area contributed by atoms with E-state index in [1.165, 1.54) is 18.2 Å². The molecule has 4 nitrogen and oxygen atoms in total. The molecule has 142 valence electrons. The van der Waals surface area contributed by atoms with Crippen molar-refractivity contribution in [1.29, 1.82) is 0 Å². The van der Waals surface area contributed by atoms with Gasteiger partial charge in [-0.25, -0.2) is 4.39 Å². The molecular weight excluding hydrogens is 355 g/mol. The van der Waals surface area contributed by atoms with E-state index in [0.717, 1.165) is 11.3 Å².